The van der Waals surface area contributed by atoms with Crippen LogP contribution in [0, 0.1) is 13.8 Å². The zero-order valence-corrected chi connectivity index (χ0v) is 17.8. The first kappa shape index (κ1) is 20.0. The van der Waals surface area contributed by atoms with Gasteiger partial charge in [-0.05, 0) is 43.2 Å². The van der Waals surface area contributed by atoms with Crippen LogP contribution in [0.15, 0.2) is 35.2 Å². The van der Waals surface area contributed by atoms with Crippen LogP contribution in [0.4, 0.5) is 0 Å². The third kappa shape index (κ3) is 3.92. The normalized spacial score (nSPS) is 17.5. The van der Waals surface area contributed by atoms with Gasteiger partial charge in [0.25, 0.3) is 0 Å². The molecule has 1 N–H and O–H groups in total. The molecule has 0 spiro atoms. The van der Waals surface area contributed by atoms with Gasteiger partial charge >= 0.3 is 0 Å². The molecule has 0 aliphatic carbocycles. The van der Waals surface area contributed by atoms with Crippen molar-refractivity contribution in [3.8, 4) is 17.2 Å². The molecule has 0 aromatic heterocycles. The van der Waals surface area contributed by atoms with Crippen LogP contribution in [0.25, 0.3) is 0 Å². The van der Waals surface area contributed by atoms with Crippen molar-refractivity contribution in [1.82, 2.24) is 4.31 Å². The molecule has 2 aromatic rings. The van der Waals surface area contributed by atoms with Gasteiger partial charge in [-0.3, -0.25) is 0 Å². The number of hydrogen-bond donors (Lipinski definition) is 1. The van der Waals surface area contributed by atoms with Crippen molar-refractivity contribution in [3.05, 3.63) is 47.0 Å². The highest BCUT2D eigenvalue weighted by Crippen LogP contribution is 2.32. The van der Waals surface area contributed by atoms with Crippen LogP contribution < -0.4 is 19.1 Å². The first-order valence-electron chi connectivity index (χ1n) is 9.76. The van der Waals surface area contributed by atoms with Gasteiger partial charge in [-0.1, -0.05) is 6.07 Å². The maximum Gasteiger partial charge on any atom is 0.243 e. The van der Waals surface area contributed by atoms with Gasteiger partial charge in [0.2, 0.25) is 16.8 Å². The minimum Gasteiger partial charge on any atom is -0.496 e. The quantitative estimate of drug-likeness (QED) is 0.787. The molecular formula is C21H27N2O5S+. The Morgan fingerprint density at radius 1 is 1.03 bits per heavy atom. The third-order valence-electron chi connectivity index (χ3n) is 5.63. The topological polar surface area (TPSA) is 69.5 Å². The monoisotopic (exact) mass is 419 g/mol. The number of hydrogen-bond acceptors (Lipinski definition) is 5. The lowest BCUT2D eigenvalue weighted by Crippen LogP contribution is -3.13. The standard InChI is InChI=1S/C21H26N2O5S/c1-15-10-16(2)21(12-19(15)26-3)29(24,25)23-8-6-22(7-9-23)13-17-4-5-18-20(11-17)28-14-27-18/h4-5,10-12H,6-9,13-14H2,1-3H3/p+1. The van der Waals surface area contributed by atoms with E-state index in [0.29, 0.717) is 23.7 Å². The highest BCUT2D eigenvalue weighted by atomic mass is 32.2. The van der Waals surface area contributed by atoms with Gasteiger partial charge in [0, 0.05) is 11.6 Å². The Morgan fingerprint density at radius 2 is 1.76 bits per heavy atom. The van der Waals surface area contributed by atoms with Gasteiger partial charge in [-0.25, -0.2) is 8.42 Å². The van der Waals surface area contributed by atoms with Crippen molar-refractivity contribution in [3.63, 3.8) is 0 Å². The summed E-state index contributed by atoms with van der Waals surface area (Å²) in [6.07, 6.45) is 0. The van der Waals surface area contributed by atoms with Crippen LogP contribution in [-0.4, -0.2) is 52.8 Å². The van der Waals surface area contributed by atoms with Crippen LogP contribution in [0.2, 0.25) is 0 Å². The Morgan fingerprint density at radius 3 is 2.48 bits per heavy atom. The van der Waals surface area contributed by atoms with Gasteiger partial charge in [0.05, 0.1) is 38.2 Å². The lowest BCUT2D eigenvalue weighted by atomic mass is 10.1. The zero-order chi connectivity index (χ0) is 20.6. The lowest BCUT2D eigenvalue weighted by molar-refractivity contribution is -0.917. The number of benzene rings is 2. The van der Waals surface area contributed by atoms with Crippen molar-refractivity contribution >= 4 is 10.0 Å². The maximum atomic E-state index is 13.2. The SMILES string of the molecule is COc1cc(S(=O)(=O)N2CC[NH+](Cc3ccc4c(c3)OCO4)CC2)c(C)cc1C. The summed E-state index contributed by atoms with van der Waals surface area (Å²) in [5.74, 6) is 2.16. The summed E-state index contributed by atoms with van der Waals surface area (Å²) in [6.45, 7) is 7.37. The number of piperazine rings is 1. The number of fused-ring (bicyclic) bond motifs is 1. The summed E-state index contributed by atoms with van der Waals surface area (Å²) < 4.78 is 44.2. The highest BCUT2D eigenvalue weighted by molar-refractivity contribution is 7.89. The molecule has 1 fully saturated rings. The molecule has 2 aliphatic rings. The molecule has 1 saturated heterocycles. The molecule has 0 atom stereocenters. The number of sulfonamides is 1. The predicted molar refractivity (Wildman–Crippen MR) is 108 cm³/mol. The molecule has 2 heterocycles. The van der Waals surface area contributed by atoms with E-state index in [1.165, 1.54) is 10.5 Å². The lowest BCUT2D eigenvalue weighted by Gasteiger charge is -2.32. The molecule has 7 nitrogen and oxygen atoms in total. The first-order chi connectivity index (χ1) is 13.9. The predicted octanol–water partition coefficient (Wildman–Crippen LogP) is 1.13. The number of ether oxygens (including phenoxy) is 3. The van der Waals surface area contributed by atoms with Crippen molar-refractivity contribution < 1.29 is 27.5 Å². The van der Waals surface area contributed by atoms with Crippen molar-refractivity contribution in [2.24, 2.45) is 0 Å². The van der Waals surface area contributed by atoms with E-state index in [9.17, 15) is 8.42 Å². The molecule has 156 valence electrons. The van der Waals surface area contributed by atoms with Crippen LogP contribution in [0.5, 0.6) is 17.2 Å². The van der Waals surface area contributed by atoms with Gasteiger partial charge in [0.1, 0.15) is 12.3 Å². The van der Waals surface area contributed by atoms with Crippen molar-refractivity contribution in [2.75, 3.05) is 40.1 Å². The maximum absolute atomic E-state index is 13.2. The summed E-state index contributed by atoms with van der Waals surface area (Å²) in [5.41, 5.74) is 2.85. The highest BCUT2D eigenvalue weighted by Gasteiger charge is 2.32. The van der Waals surface area contributed by atoms with Gasteiger partial charge in [-0.2, -0.15) is 4.31 Å². The minimum absolute atomic E-state index is 0.269. The van der Waals surface area contributed by atoms with Crippen molar-refractivity contribution in [2.45, 2.75) is 25.3 Å². The second kappa shape index (κ2) is 7.85. The molecule has 0 amide bonds. The molecule has 0 saturated carbocycles. The number of nitrogens with zero attached hydrogens (tertiary/aromatic N) is 1. The van der Waals surface area contributed by atoms with E-state index in [0.717, 1.165) is 42.3 Å². The molecule has 0 unspecified atom stereocenters. The fourth-order valence-corrected chi connectivity index (χ4v) is 5.67. The van der Waals surface area contributed by atoms with Crippen LogP contribution in [-0.2, 0) is 16.6 Å². The fourth-order valence-electron chi connectivity index (χ4n) is 4.01. The largest absolute Gasteiger partial charge is 0.496 e. The van der Waals surface area contributed by atoms with E-state index < -0.39 is 10.0 Å². The number of rotatable bonds is 5. The molecule has 0 bridgehead atoms. The summed E-state index contributed by atoms with van der Waals surface area (Å²) >= 11 is 0. The number of methoxy groups -OCH3 is 1. The van der Waals surface area contributed by atoms with E-state index in [1.807, 2.05) is 38.1 Å². The Hall–Kier alpha value is -2.29. The average molecular weight is 420 g/mol. The molecule has 0 radical (unpaired) electrons. The van der Waals surface area contributed by atoms with Gasteiger partial charge in [0.15, 0.2) is 11.5 Å². The Bertz CT molecular complexity index is 1010. The van der Waals surface area contributed by atoms with Crippen molar-refractivity contribution in [1.29, 1.82) is 0 Å². The molecule has 2 aromatic carbocycles. The molecular weight excluding hydrogens is 392 g/mol. The minimum atomic E-state index is -3.54. The summed E-state index contributed by atoms with van der Waals surface area (Å²) in [4.78, 5) is 1.69. The zero-order valence-electron chi connectivity index (χ0n) is 17.0. The first-order valence-corrected chi connectivity index (χ1v) is 11.2. The van der Waals surface area contributed by atoms with Crippen LogP contribution in [0.3, 0.4) is 0 Å². The molecule has 29 heavy (non-hydrogen) atoms. The number of aryl methyl sites for hydroxylation is 2. The average Bonchev–Trinajstić information content (AvgIpc) is 3.16. The third-order valence-corrected chi connectivity index (χ3v) is 7.67. The fraction of sp³-hybridized carbons (Fsp3) is 0.429. The Labute approximate surface area is 171 Å². The molecule has 8 heteroatoms. The van der Waals surface area contributed by atoms with E-state index in [1.54, 1.807) is 17.5 Å². The summed E-state index contributed by atoms with van der Waals surface area (Å²) in [5, 5.41) is 0. The summed E-state index contributed by atoms with van der Waals surface area (Å²) in [7, 11) is -1.98. The number of nitrogens with one attached hydrogen (secondary N) is 1. The van der Waals surface area contributed by atoms with Gasteiger partial charge in [-0.15, -0.1) is 0 Å². The molecule has 4 rings (SSSR count). The summed E-state index contributed by atoms with van der Waals surface area (Å²) in [6, 6.07) is 9.51. The van der Waals surface area contributed by atoms with Crippen LogP contribution in [0.1, 0.15) is 16.7 Å². The number of quaternary nitrogens is 1. The smallest absolute Gasteiger partial charge is 0.243 e. The molecule has 2 aliphatic heterocycles. The van der Waals surface area contributed by atoms with Crippen LogP contribution >= 0.6 is 0 Å². The van der Waals surface area contributed by atoms with Gasteiger partial charge < -0.3 is 19.1 Å². The second-order valence-electron chi connectivity index (χ2n) is 7.61. The van der Waals surface area contributed by atoms with E-state index in [4.69, 9.17) is 14.2 Å². The van der Waals surface area contributed by atoms with E-state index >= 15 is 0 Å². The van der Waals surface area contributed by atoms with E-state index in [-0.39, 0.29) is 6.79 Å². The Balaban J connectivity index is 1.44. The second-order valence-corrected chi connectivity index (χ2v) is 9.51. The Kier molecular flexibility index (Phi) is 5.42. The van der Waals surface area contributed by atoms with E-state index in [2.05, 4.69) is 0 Å².